The van der Waals surface area contributed by atoms with E-state index in [-0.39, 0.29) is 34.1 Å². The van der Waals surface area contributed by atoms with Crippen molar-refractivity contribution in [3.05, 3.63) is 59.4 Å². The zero-order valence-electron chi connectivity index (χ0n) is 23.4. The zero-order valence-corrected chi connectivity index (χ0v) is 25.0. The molecule has 4 N–H and O–H groups in total. The number of hydrogen-bond acceptors (Lipinski definition) is 10. The number of anilines is 1. The molecular formula is C27H33N7O6S2. The van der Waals surface area contributed by atoms with E-state index >= 15 is 0 Å². The van der Waals surface area contributed by atoms with Crippen molar-refractivity contribution < 1.29 is 27.7 Å². The molecule has 0 spiro atoms. The molecule has 42 heavy (non-hydrogen) atoms. The molecule has 4 heterocycles. The van der Waals surface area contributed by atoms with Crippen molar-refractivity contribution >= 4 is 44.1 Å². The molecule has 0 radical (unpaired) electrons. The summed E-state index contributed by atoms with van der Waals surface area (Å²) in [6.07, 6.45) is 4.24. The summed E-state index contributed by atoms with van der Waals surface area (Å²) in [4.78, 5) is 37.6. The molecule has 15 heteroatoms. The third kappa shape index (κ3) is 6.86. The highest BCUT2D eigenvalue weighted by molar-refractivity contribution is 7.87. The number of benzene rings is 1. The molecule has 1 saturated heterocycles. The van der Waals surface area contributed by atoms with Crippen LogP contribution in [0.3, 0.4) is 0 Å². The second-order valence-electron chi connectivity index (χ2n) is 9.98. The summed E-state index contributed by atoms with van der Waals surface area (Å²) < 4.78 is 31.3. The molecule has 224 valence electrons. The van der Waals surface area contributed by atoms with Crippen LogP contribution < -0.4 is 10.6 Å². The quantitative estimate of drug-likeness (QED) is 0.281. The summed E-state index contributed by atoms with van der Waals surface area (Å²) in [6.45, 7) is 6.63. The van der Waals surface area contributed by atoms with E-state index in [0.717, 1.165) is 22.4 Å². The Morgan fingerprint density at radius 1 is 1.17 bits per heavy atom. The molecule has 5 rings (SSSR count). The van der Waals surface area contributed by atoms with E-state index in [1.54, 1.807) is 33.8 Å². The van der Waals surface area contributed by atoms with Gasteiger partial charge in [0.1, 0.15) is 21.2 Å². The van der Waals surface area contributed by atoms with Gasteiger partial charge in [0.15, 0.2) is 5.82 Å². The van der Waals surface area contributed by atoms with Crippen LogP contribution in [-0.2, 0) is 14.3 Å². The fraction of sp³-hybridized carbons (Fsp3) is 0.370. The number of aryl methyl sites for hydroxylation is 1. The normalized spacial score (nSPS) is 14.7. The summed E-state index contributed by atoms with van der Waals surface area (Å²) in [5.74, 6) is 0.712. The highest BCUT2D eigenvalue weighted by Gasteiger charge is 2.28. The van der Waals surface area contributed by atoms with Crippen LogP contribution >= 0.6 is 11.3 Å². The first-order valence-electron chi connectivity index (χ1n) is 13.3. The smallest absolute Gasteiger partial charge is 0.412 e. The first kappa shape index (κ1) is 30.9. The molecule has 0 saturated carbocycles. The van der Waals surface area contributed by atoms with Crippen molar-refractivity contribution in [2.45, 2.75) is 57.0 Å². The minimum Gasteiger partial charge on any atom is -0.412 e. The van der Waals surface area contributed by atoms with E-state index in [9.17, 15) is 18.0 Å². The highest BCUT2D eigenvalue weighted by atomic mass is 32.2. The maximum atomic E-state index is 13.5. The molecule has 1 aliphatic rings. The summed E-state index contributed by atoms with van der Waals surface area (Å²) in [5, 5.41) is 12.2. The standard InChI is InChI=1S/C27H31N7O5S2.H2O/c1-4-18(3)29-23-15-22(31-24(32-23)21-16-28-34-13-14-40-26(21)34)25(35)33-11-9-19(10-12-33)30-27(36)39-41(37,38)20-7-5-17(2)6-8-20;/h5-8,13-16,18-19H,4,9-12H2,1-3H3,(H,30,36)(H,29,31,32);1H2/t18-;/m1./s1. The van der Waals surface area contributed by atoms with E-state index in [2.05, 4.69) is 32.6 Å². The summed E-state index contributed by atoms with van der Waals surface area (Å²) in [5.41, 5.74) is 1.88. The van der Waals surface area contributed by atoms with Crippen LogP contribution in [0.1, 0.15) is 49.2 Å². The Labute approximate surface area is 247 Å². The maximum absolute atomic E-state index is 13.5. The van der Waals surface area contributed by atoms with Gasteiger partial charge in [0.2, 0.25) is 0 Å². The molecule has 0 unspecified atom stereocenters. The Balaban J connectivity index is 0.00000405. The minimum absolute atomic E-state index is 0. The Morgan fingerprint density at radius 3 is 2.57 bits per heavy atom. The number of rotatable bonds is 8. The van der Waals surface area contributed by atoms with Gasteiger partial charge in [-0.05, 0) is 45.2 Å². The predicted octanol–water partition coefficient (Wildman–Crippen LogP) is 3.27. The van der Waals surface area contributed by atoms with E-state index in [4.69, 9.17) is 4.18 Å². The van der Waals surface area contributed by atoms with Crippen molar-refractivity contribution in [1.82, 2.24) is 29.8 Å². The number of thiazole rings is 1. The number of likely N-dealkylation sites (tertiary alicyclic amines) is 1. The minimum atomic E-state index is -4.24. The van der Waals surface area contributed by atoms with Gasteiger partial charge in [-0.2, -0.15) is 13.5 Å². The van der Waals surface area contributed by atoms with Gasteiger partial charge in [-0.25, -0.2) is 19.3 Å². The molecule has 13 nitrogen and oxygen atoms in total. The molecule has 1 aromatic carbocycles. The fourth-order valence-corrected chi connectivity index (χ4v) is 6.02. The Morgan fingerprint density at radius 2 is 1.88 bits per heavy atom. The van der Waals surface area contributed by atoms with Crippen molar-refractivity contribution in [3.63, 3.8) is 0 Å². The van der Waals surface area contributed by atoms with Crippen molar-refractivity contribution in [1.29, 1.82) is 0 Å². The number of hydrogen-bond donors (Lipinski definition) is 2. The van der Waals surface area contributed by atoms with Gasteiger partial charge >= 0.3 is 16.2 Å². The van der Waals surface area contributed by atoms with Crippen LogP contribution in [0.15, 0.2) is 53.0 Å². The van der Waals surface area contributed by atoms with Crippen molar-refractivity contribution in [2.24, 2.45) is 0 Å². The molecule has 0 aliphatic carbocycles. The summed E-state index contributed by atoms with van der Waals surface area (Å²) in [7, 11) is -4.24. The molecule has 2 amide bonds. The Kier molecular flexibility index (Phi) is 9.43. The van der Waals surface area contributed by atoms with Crippen molar-refractivity contribution in [3.8, 4) is 11.4 Å². The molecule has 0 bridgehead atoms. The van der Waals surface area contributed by atoms with Gasteiger partial charge in [-0.15, -0.1) is 11.3 Å². The molecule has 1 atom stereocenters. The van der Waals surface area contributed by atoms with Crippen molar-refractivity contribution in [2.75, 3.05) is 18.4 Å². The lowest BCUT2D eigenvalue weighted by atomic mass is 10.0. The molecule has 1 aliphatic heterocycles. The van der Waals surface area contributed by atoms with Gasteiger partial charge in [-0.1, -0.05) is 24.6 Å². The van der Waals surface area contributed by atoms with Crippen LogP contribution in [-0.4, -0.2) is 75.5 Å². The van der Waals surface area contributed by atoms with E-state index in [1.165, 1.54) is 23.5 Å². The third-order valence-corrected chi connectivity index (χ3v) is 9.03. The van der Waals surface area contributed by atoms with Crippen LogP contribution in [0, 0.1) is 6.92 Å². The largest absolute Gasteiger partial charge is 0.423 e. The van der Waals surface area contributed by atoms with Gasteiger partial charge < -0.3 is 25.2 Å². The predicted molar refractivity (Wildman–Crippen MR) is 158 cm³/mol. The number of piperidine rings is 1. The van der Waals surface area contributed by atoms with E-state index in [1.807, 2.05) is 25.4 Å². The average Bonchev–Trinajstić information content (AvgIpc) is 3.57. The van der Waals surface area contributed by atoms with Gasteiger partial charge in [0.25, 0.3) is 5.91 Å². The molecular weight excluding hydrogens is 582 g/mol. The lowest BCUT2D eigenvalue weighted by Crippen LogP contribution is -2.47. The highest BCUT2D eigenvalue weighted by Crippen LogP contribution is 2.27. The topological polar surface area (TPSA) is 179 Å². The van der Waals surface area contributed by atoms with Gasteiger partial charge in [-0.3, -0.25) is 4.79 Å². The van der Waals surface area contributed by atoms with E-state index in [0.29, 0.717) is 37.6 Å². The maximum Gasteiger partial charge on any atom is 0.423 e. The average molecular weight is 616 g/mol. The van der Waals surface area contributed by atoms with Gasteiger partial charge in [0.05, 0.1) is 11.8 Å². The molecule has 3 aromatic heterocycles. The van der Waals surface area contributed by atoms with E-state index < -0.39 is 16.2 Å². The lowest BCUT2D eigenvalue weighted by Gasteiger charge is -2.32. The first-order valence-corrected chi connectivity index (χ1v) is 15.6. The van der Waals surface area contributed by atoms with Gasteiger partial charge in [0, 0.05) is 42.8 Å². The molecule has 4 aromatic rings. The number of aromatic nitrogens is 4. The first-order chi connectivity index (χ1) is 19.6. The second-order valence-corrected chi connectivity index (χ2v) is 12.4. The summed E-state index contributed by atoms with van der Waals surface area (Å²) in [6, 6.07) is 7.49. The van der Waals surface area contributed by atoms with Crippen LogP contribution in [0.4, 0.5) is 10.6 Å². The van der Waals surface area contributed by atoms with Crippen LogP contribution in [0.2, 0.25) is 0 Å². The number of nitrogens with one attached hydrogen (secondary N) is 2. The van der Waals surface area contributed by atoms with Crippen LogP contribution in [0.25, 0.3) is 16.2 Å². The number of fused-ring (bicyclic) bond motifs is 1. The summed E-state index contributed by atoms with van der Waals surface area (Å²) >= 11 is 1.51. The zero-order chi connectivity index (χ0) is 29.1. The van der Waals surface area contributed by atoms with Crippen LogP contribution in [0.5, 0.6) is 0 Å². The monoisotopic (exact) mass is 615 g/mol. The second kappa shape index (κ2) is 12.8. The number of carbonyl (C=O) groups excluding carboxylic acids is 2. The third-order valence-electron chi connectivity index (χ3n) is 6.92. The fourth-order valence-electron chi connectivity index (χ4n) is 4.42. The number of nitrogens with zero attached hydrogens (tertiary/aromatic N) is 5. The number of carbonyl (C=O) groups is 2. The molecule has 1 fully saturated rings. The Hall–Kier alpha value is -4.08. The SMILES string of the molecule is CC[C@@H](C)Nc1cc(C(=O)N2CCC(NC(=O)OS(=O)(=O)c3ccc(C)cc3)CC2)nc(-c2cnn3ccsc23)n1.O. The lowest BCUT2D eigenvalue weighted by molar-refractivity contribution is 0.0700. The Bertz CT molecular complexity index is 1660. The number of amides is 2.